The minimum Gasteiger partial charge on any atom is -0.324 e. The quantitative estimate of drug-likeness (QED) is 0.890. The zero-order chi connectivity index (χ0) is 17.2. The summed E-state index contributed by atoms with van der Waals surface area (Å²) in [6, 6.07) is 6.37. The molecule has 0 saturated carbocycles. The highest BCUT2D eigenvalue weighted by Crippen LogP contribution is 2.23. The fraction of sp³-hybridized carbons (Fsp3) is 0.375. The Balaban J connectivity index is 1.72. The van der Waals surface area contributed by atoms with Gasteiger partial charge in [-0.25, -0.2) is 8.42 Å². The molecule has 0 aliphatic carbocycles. The molecule has 0 unspecified atom stereocenters. The molecule has 3 rings (SSSR count). The average Bonchev–Trinajstić information content (AvgIpc) is 3.19. The molecule has 1 amide bonds. The maximum absolute atomic E-state index is 12.6. The first-order valence-corrected chi connectivity index (χ1v) is 9.28. The van der Waals surface area contributed by atoms with E-state index in [9.17, 15) is 13.2 Å². The second-order valence-electron chi connectivity index (χ2n) is 5.90. The number of nitrogens with one attached hydrogen (secondary N) is 1. The number of hydrogen-bond acceptors (Lipinski definition) is 4. The van der Waals surface area contributed by atoms with Gasteiger partial charge in [0.05, 0.1) is 11.1 Å². The highest BCUT2D eigenvalue weighted by molar-refractivity contribution is 7.89. The zero-order valence-corrected chi connectivity index (χ0v) is 14.3. The topological polar surface area (TPSA) is 84.3 Å². The van der Waals surface area contributed by atoms with Gasteiger partial charge in [-0.15, -0.1) is 0 Å². The molecule has 128 valence electrons. The van der Waals surface area contributed by atoms with Crippen LogP contribution in [0.3, 0.4) is 0 Å². The summed E-state index contributed by atoms with van der Waals surface area (Å²) in [5, 5.41) is 6.78. The third kappa shape index (κ3) is 3.65. The molecular weight excluding hydrogens is 328 g/mol. The van der Waals surface area contributed by atoms with E-state index >= 15 is 0 Å². The molecule has 1 aromatic carbocycles. The predicted octanol–water partition coefficient (Wildman–Crippen LogP) is 1.61. The number of hydrogen-bond donors (Lipinski definition) is 1. The summed E-state index contributed by atoms with van der Waals surface area (Å²) in [6.07, 6.45) is 5.22. The van der Waals surface area contributed by atoms with Gasteiger partial charge in [0.2, 0.25) is 15.9 Å². The van der Waals surface area contributed by atoms with Crippen LogP contribution in [0, 0.1) is 6.92 Å². The summed E-state index contributed by atoms with van der Waals surface area (Å²) < 4.78 is 28.2. The Bertz CT molecular complexity index is 839. The first-order chi connectivity index (χ1) is 11.4. The van der Waals surface area contributed by atoms with E-state index in [1.165, 1.54) is 15.1 Å². The normalized spacial score (nSPS) is 15.5. The zero-order valence-electron chi connectivity index (χ0n) is 13.5. The van der Waals surface area contributed by atoms with Gasteiger partial charge < -0.3 is 5.32 Å². The molecule has 7 nitrogen and oxygen atoms in total. The third-order valence-electron chi connectivity index (χ3n) is 3.89. The number of nitrogens with zero attached hydrogens (tertiary/aromatic N) is 3. The van der Waals surface area contributed by atoms with Gasteiger partial charge in [0.25, 0.3) is 0 Å². The lowest BCUT2D eigenvalue weighted by atomic mass is 10.3. The van der Waals surface area contributed by atoms with Crippen LogP contribution in [-0.2, 0) is 21.4 Å². The molecule has 0 atom stereocenters. The number of rotatable bonds is 5. The van der Waals surface area contributed by atoms with Crippen LogP contribution in [0.15, 0.2) is 41.6 Å². The van der Waals surface area contributed by atoms with Gasteiger partial charge in [-0.05, 0) is 43.5 Å². The first kappa shape index (κ1) is 16.7. The highest BCUT2D eigenvalue weighted by atomic mass is 32.2. The number of benzene rings is 1. The number of anilines is 1. The molecule has 1 saturated heterocycles. The summed E-state index contributed by atoms with van der Waals surface area (Å²) >= 11 is 0. The molecule has 24 heavy (non-hydrogen) atoms. The number of aryl methyl sites for hydroxylation is 1. The molecule has 0 spiro atoms. The maximum atomic E-state index is 12.6. The largest absolute Gasteiger partial charge is 0.324 e. The summed E-state index contributed by atoms with van der Waals surface area (Å²) in [7, 11) is -3.49. The van der Waals surface area contributed by atoms with E-state index in [4.69, 9.17) is 0 Å². The fourth-order valence-electron chi connectivity index (χ4n) is 2.71. The van der Waals surface area contributed by atoms with Crippen molar-refractivity contribution in [3.8, 4) is 0 Å². The molecule has 0 radical (unpaired) electrons. The van der Waals surface area contributed by atoms with Crippen molar-refractivity contribution in [3.05, 3.63) is 42.2 Å². The van der Waals surface area contributed by atoms with E-state index in [1.807, 2.05) is 6.92 Å². The van der Waals surface area contributed by atoms with E-state index in [-0.39, 0.29) is 17.3 Å². The SMILES string of the molecule is Cc1cnn(CC(=O)Nc2cccc(S(=O)(=O)N3CCCC3)c2)c1. The number of carbonyl (C=O) groups excluding carboxylic acids is 1. The standard InChI is InChI=1S/C16H20N4O3S/c1-13-10-17-19(11-13)12-16(21)18-14-5-4-6-15(9-14)24(22,23)20-7-2-3-8-20/h4-6,9-11H,2-3,7-8,12H2,1H3,(H,18,21). The van der Waals surface area contributed by atoms with Crippen molar-refractivity contribution < 1.29 is 13.2 Å². The van der Waals surface area contributed by atoms with Crippen molar-refractivity contribution in [1.29, 1.82) is 0 Å². The lowest BCUT2D eigenvalue weighted by Gasteiger charge is -2.16. The van der Waals surface area contributed by atoms with Gasteiger partial charge in [0.1, 0.15) is 6.54 Å². The molecule has 1 fully saturated rings. The molecular formula is C16H20N4O3S. The van der Waals surface area contributed by atoms with Crippen molar-refractivity contribution >= 4 is 21.6 Å². The van der Waals surface area contributed by atoms with Crippen molar-refractivity contribution in [1.82, 2.24) is 14.1 Å². The molecule has 2 heterocycles. The van der Waals surface area contributed by atoms with Gasteiger partial charge in [0, 0.05) is 25.0 Å². The highest BCUT2D eigenvalue weighted by Gasteiger charge is 2.27. The van der Waals surface area contributed by atoms with Gasteiger partial charge >= 0.3 is 0 Å². The Hall–Kier alpha value is -2.19. The van der Waals surface area contributed by atoms with Crippen LogP contribution in [0.4, 0.5) is 5.69 Å². The van der Waals surface area contributed by atoms with E-state index < -0.39 is 10.0 Å². The third-order valence-corrected chi connectivity index (χ3v) is 5.78. The van der Waals surface area contributed by atoms with Crippen LogP contribution in [0.5, 0.6) is 0 Å². The maximum Gasteiger partial charge on any atom is 0.246 e. The Morgan fingerprint density at radius 3 is 2.71 bits per heavy atom. The molecule has 1 aliphatic heterocycles. The van der Waals surface area contributed by atoms with Crippen LogP contribution >= 0.6 is 0 Å². The number of carbonyl (C=O) groups is 1. The lowest BCUT2D eigenvalue weighted by molar-refractivity contribution is -0.116. The van der Waals surface area contributed by atoms with E-state index in [0.29, 0.717) is 18.8 Å². The van der Waals surface area contributed by atoms with E-state index in [2.05, 4.69) is 10.4 Å². The van der Waals surface area contributed by atoms with Gasteiger partial charge in [0.15, 0.2) is 0 Å². The second-order valence-corrected chi connectivity index (χ2v) is 7.84. The van der Waals surface area contributed by atoms with Crippen molar-refractivity contribution in [2.75, 3.05) is 18.4 Å². The van der Waals surface area contributed by atoms with Crippen molar-refractivity contribution in [2.45, 2.75) is 31.2 Å². The lowest BCUT2D eigenvalue weighted by Crippen LogP contribution is -2.28. The van der Waals surface area contributed by atoms with Crippen LogP contribution in [0.2, 0.25) is 0 Å². The summed E-state index contributed by atoms with van der Waals surface area (Å²) in [5.74, 6) is -0.256. The molecule has 1 aromatic heterocycles. The minimum absolute atomic E-state index is 0.0803. The van der Waals surface area contributed by atoms with Crippen LogP contribution in [-0.4, -0.2) is 41.5 Å². The molecule has 1 N–H and O–H groups in total. The van der Waals surface area contributed by atoms with Gasteiger partial charge in [-0.3, -0.25) is 9.48 Å². The Labute approximate surface area is 141 Å². The van der Waals surface area contributed by atoms with Crippen LogP contribution < -0.4 is 5.32 Å². The summed E-state index contributed by atoms with van der Waals surface area (Å²) in [5.41, 5.74) is 1.44. The van der Waals surface area contributed by atoms with Crippen LogP contribution in [0.25, 0.3) is 0 Å². The molecule has 1 aliphatic rings. The Morgan fingerprint density at radius 1 is 1.29 bits per heavy atom. The predicted molar refractivity (Wildman–Crippen MR) is 90.0 cm³/mol. The van der Waals surface area contributed by atoms with Gasteiger partial charge in [-0.1, -0.05) is 6.07 Å². The monoisotopic (exact) mass is 348 g/mol. The van der Waals surface area contributed by atoms with Crippen LogP contribution in [0.1, 0.15) is 18.4 Å². The Morgan fingerprint density at radius 2 is 2.04 bits per heavy atom. The summed E-state index contributed by atoms with van der Waals surface area (Å²) in [4.78, 5) is 12.3. The Kier molecular flexibility index (Phi) is 4.68. The first-order valence-electron chi connectivity index (χ1n) is 7.84. The fourth-order valence-corrected chi connectivity index (χ4v) is 4.28. The smallest absolute Gasteiger partial charge is 0.246 e. The minimum atomic E-state index is -3.49. The number of amides is 1. The second kappa shape index (κ2) is 6.74. The number of sulfonamides is 1. The van der Waals surface area contributed by atoms with Crippen molar-refractivity contribution in [3.63, 3.8) is 0 Å². The molecule has 0 bridgehead atoms. The number of aromatic nitrogens is 2. The molecule has 8 heteroatoms. The van der Waals surface area contributed by atoms with E-state index in [0.717, 1.165) is 18.4 Å². The summed E-state index contributed by atoms with van der Waals surface area (Å²) in [6.45, 7) is 3.08. The average molecular weight is 348 g/mol. The molecule has 2 aromatic rings. The van der Waals surface area contributed by atoms with Crippen molar-refractivity contribution in [2.24, 2.45) is 0 Å². The van der Waals surface area contributed by atoms with E-state index in [1.54, 1.807) is 30.6 Å². The van der Waals surface area contributed by atoms with Gasteiger partial charge in [-0.2, -0.15) is 9.40 Å².